The quantitative estimate of drug-likeness (QED) is 0.204. The Kier molecular flexibility index (Phi) is 2.73. The van der Waals surface area contributed by atoms with Crippen molar-refractivity contribution < 1.29 is 10.4 Å². The van der Waals surface area contributed by atoms with E-state index < -0.39 is 32.7 Å². The van der Waals surface area contributed by atoms with Gasteiger partial charge in [0.25, 0.3) is 11.1 Å². The number of hydrogen-bond donors (Lipinski definition) is 4. The van der Waals surface area contributed by atoms with E-state index in [1.165, 1.54) is 12.1 Å². The minimum Gasteiger partial charge on any atom is -0.410 e. The average Bonchev–Trinajstić information content (AvgIpc) is 2.47. The number of nitrogens with one attached hydrogen (secondary N) is 2. The molecule has 110 valence electrons. The molecular weight excluding hydrogens is 296 g/mol. The van der Waals surface area contributed by atoms with Crippen molar-refractivity contribution in [1.82, 2.24) is 9.97 Å². The molecule has 0 atom stereocenters. The van der Waals surface area contributed by atoms with Gasteiger partial charge < -0.3 is 20.4 Å². The van der Waals surface area contributed by atoms with Crippen LogP contribution in [0.5, 0.6) is 0 Å². The Morgan fingerprint density at radius 3 is 1.41 bits per heavy atom. The summed E-state index contributed by atoms with van der Waals surface area (Å²) in [4.78, 5) is 52.2. The van der Waals surface area contributed by atoms with E-state index in [-0.39, 0.29) is 21.8 Å². The number of H-pyrrole nitrogens is 2. The van der Waals surface area contributed by atoms with Gasteiger partial charge in [-0.3, -0.25) is 19.2 Å². The Morgan fingerprint density at radius 2 is 1.09 bits per heavy atom. The van der Waals surface area contributed by atoms with E-state index >= 15 is 0 Å². The highest BCUT2D eigenvalue weighted by atomic mass is 16.4. The molecule has 10 heteroatoms. The molecule has 1 aromatic carbocycles. The highest BCUT2D eigenvalue weighted by Crippen LogP contribution is 2.13. The molecule has 0 bridgehead atoms. The molecule has 0 unspecified atom stereocenters. The van der Waals surface area contributed by atoms with Gasteiger partial charge in [-0.25, -0.2) is 0 Å². The number of aromatic nitrogens is 2. The zero-order valence-electron chi connectivity index (χ0n) is 10.6. The summed E-state index contributed by atoms with van der Waals surface area (Å²) in [5.41, 5.74) is -3.79. The zero-order valence-corrected chi connectivity index (χ0v) is 10.6. The van der Waals surface area contributed by atoms with Gasteiger partial charge in [-0.15, -0.1) is 0 Å². The highest BCUT2D eigenvalue weighted by Gasteiger charge is 2.14. The fraction of sp³-hybridized carbons (Fsp3) is 0. The molecule has 4 N–H and O–H groups in total. The van der Waals surface area contributed by atoms with Gasteiger partial charge in [0.15, 0.2) is 0 Å². The summed E-state index contributed by atoms with van der Waals surface area (Å²) in [6.45, 7) is 0. The molecule has 10 nitrogen and oxygen atoms in total. The van der Waals surface area contributed by atoms with Crippen molar-refractivity contribution in [1.29, 1.82) is 0 Å². The van der Waals surface area contributed by atoms with Crippen LogP contribution in [0.25, 0.3) is 21.8 Å². The summed E-state index contributed by atoms with van der Waals surface area (Å²) in [7, 11) is 0. The first kappa shape index (κ1) is 13.4. The molecule has 3 rings (SSSR count). The molecule has 2 aromatic heterocycles. The third kappa shape index (κ3) is 1.60. The molecule has 0 radical (unpaired) electrons. The number of fused-ring (bicyclic) bond motifs is 3. The van der Waals surface area contributed by atoms with Crippen molar-refractivity contribution in [3.05, 3.63) is 64.0 Å². The van der Waals surface area contributed by atoms with Crippen LogP contribution in [0.15, 0.2) is 41.6 Å². The number of benzene rings is 1. The van der Waals surface area contributed by atoms with Crippen molar-refractivity contribution in [3.63, 3.8) is 0 Å². The molecule has 0 aliphatic rings. The van der Waals surface area contributed by atoms with E-state index in [2.05, 4.69) is 20.3 Å². The van der Waals surface area contributed by atoms with Crippen molar-refractivity contribution in [2.45, 2.75) is 0 Å². The topological polar surface area (TPSA) is 165 Å². The normalized spacial score (nSPS) is 13.3. The van der Waals surface area contributed by atoms with Gasteiger partial charge >= 0.3 is 0 Å². The lowest BCUT2D eigenvalue weighted by Crippen LogP contribution is -2.43. The number of aromatic amines is 2. The second-order valence-electron chi connectivity index (χ2n) is 4.37. The third-order valence-electron chi connectivity index (χ3n) is 3.22. The molecule has 22 heavy (non-hydrogen) atoms. The Bertz CT molecular complexity index is 1170. The standard InChI is InChI=1S/C12H6N4O6/c17-9-5-3(13-11(19)7(9)15-21)1-2-4-6(5)10(18)8(16-22)12(20)14-4/h1-2,21-22H,(H,13,19)(H,14,20)/b15-7-,16-8+. The van der Waals surface area contributed by atoms with E-state index in [9.17, 15) is 19.2 Å². The summed E-state index contributed by atoms with van der Waals surface area (Å²) >= 11 is 0. The summed E-state index contributed by atoms with van der Waals surface area (Å²) in [6, 6.07) is 2.62. The van der Waals surface area contributed by atoms with Crippen molar-refractivity contribution in [3.8, 4) is 0 Å². The average molecular weight is 302 g/mol. The molecule has 0 aliphatic carbocycles. The van der Waals surface area contributed by atoms with Crippen LogP contribution in [0.3, 0.4) is 0 Å². The van der Waals surface area contributed by atoms with Gasteiger partial charge in [-0.2, -0.15) is 0 Å². The van der Waals surface area contributed by atoms with E-state index in [0.717, 1.165) is 0 Å². The van der Waals surface area contributed by atoms with Crippen LogP contribution >= 0.6 is 0 Å². The summed E-state index contributed by atoms with van der Waals surface area (Å²) in [5.74, 6) is 0. The van der Waals surface area contributed by atoms with E-state index in [0.29, 0.717) is 0 Å². The maximum absolute atomic E-state index is 12.2. The molecule has 2 heterocycles. The number of rotatable bonds is 0. The molecule has 3 aromatic rings. The Hall–Kier alpha value is -3.56. The number of hydrogen-bond acceptors (Lipinski definition) is 8. The number of nitrogens with zero attached hydrogens (tertiary/aromatic N) is 2. The van der Waals surface area contributed by atoms with Crippen LogP contribution in [0, 0.1) is 0 Å². The van der Waals surface area contributed by atoms with E-state index in [1.807, 2.05) is 0 Å². The maximum atomic E-state index is 12.2. The van der Waals surface area contributed by atoms with Gasteiger partial charge in [0.2, 0.25) is 21.6 Å². The Labute approximate surface area is 117 Å². The predicted molar refractivity (Wildman–Crippen MR) is 72.3 cm³/mol. The molecule has 0 amide bonds. The van der Waals surface area contributed by atoms with Gasteiger partial charge in [0.1, 0.15) is 0 Å². The largest absolute Gasteiger partial charge is 0.410 e. The van der Waals surface area contributed by atoms with E-state index in [4.69, 9.17) is 10.4 Å². The highest BCUT2D eigenvalue weighted by molar-refractivity contribution is 6.04. The maximum Gasteiger partial charge on any atom is 0.281 e. The van der Waals surface area contributed by atoms with Crippen LogP contribution in [0.1, 0.15) is 0 Å². The lowest BCUT2D eigenvalue weighted by molar-refractivity contribution is 0.300. The fourth-order valence-corrected chi connectivity index (χ4v) is 2.27. The molecule has 0 spiro atoms. The van der Waals surface area contributed by atoms with Crippen LogP contribution in [0.4, 0.5) is 0 Å². The zero-order chi connectivity index (χ0) is 16.0. The van der Waals surface area contributed by atoms with Crippen molar-refractivity contribution in [2.75, 3.05) is 0 Å². The minimum atomic E-state index is -0.986. The van der Waals surface area contributed by atoms with Crippen LogP contribution in [-0.2, 0) is 0 Å². The lowest BCUT2D eigenvalue weighted by atomic mass is 10.1. The first-order chi connectivity index (χ1) is 10.5. The molecule has 0 saturated carbocycles. The molecule has 0 saturated heterocycles. The third-order valence-corrected chi connectivity index (χ3v) is 3.22. The minimum absolute atomic E-state index is 0.0166. The Balaban J connectivity index is 2.87. The van der Waals surface area contributed by atoms with Gasteiger partial charge in [0.05, 0.1) is 21.8 Å². The monoisotopic (exact) mass is 302 g/mol. The summed E-state index contributed by atoms with van der Waals surface area (Å²) in [5, 5.41) is 20.6. The second-order valence-corrected chi connectivity index (χ2v) is 4.37. The van der Waals surface area contributed by atoms with Crippen LogP contribution in [0.2, 0.25) is 0 Å². The van der Waals surface area contributed by atoms with Crippen molar-refractivity contribution in [2.24, 2.45) is 10.3 Å². The summed E-state index contributed by atoms with van der Waals surface area (Å²) < 4.78 is 0. The lowest BCUT2D eigenvalue weighted by Gasteiger charge is -2.01. The Morgan fingerprint density at radius 1 is 0.727 bits per heavy atom. The summed E-state index contributed by atoms with van der Waals surface area (Å²) in [6.07, 6.45) is 0. The first-order valence-corrected chi connectivity index (χ1v) is 5.82. The molecule has 0 aliphatic heterocycles. The SMILES string of the molecule is O=c1[nH]c2ccc3[nH]c(=O)/c(=N/O)c(=O)c3c2c(=O)/c1=N/O. The molecule has 0 fully saturated rings. The smallest absolute Gasteiger partial charge is 0.281 e. The fourth-order valence-electron chi connectivity index (χ4n) is 2.27. The first-order valence-electron chi connectivity index (χ1n) is 5.82. The van der Waals surface area contributed by atoms with Gasteiger partial charge in [-0.05, 0) is 12.1 Å². The van der Waals surface area contributed by atoms with Gasteiger partial charge in [0, 0.05) is 0 Å². The van der Waals surface area contributed by atoms with Crippen LogP contribution < -0.4 is 32.7 Å². The second kappa shape index (κ2) is 4.48. The van der Waals surface area contributed by atoms with Crippen molar-refractivity contribution >= 4 is 21.8 Å². The van der Waals surface area contributed by atoms with Gasteiger partial charge in [-0.1, -0.05) is 10.3 Å². The predicted octanol–water partition coefficient (Wildman–Crippen LogP) is -2.45. The van der Waals surface area contributed by atoms with E-state index in [1.54, 1.807) is 0 Å². The number of pyridine rings is 2. The van der Waals surface area contributed by atoms with Crippen LogP contribution in [-0.4, -0.2) is 20.4 Å². The molecular formula is C12H6N4O6.